The SMILES string of the molecule is O=C(c1ccc2ccccc2n1)N1CCC[C@@H](c2ncc(Cc3ccc(Cl)cc3)o2)C1. The Labute approximate surface area is 185 Å². The van der Waals surface area contributed by atoms with Gasteiger partial charge in [-0.1, -0.05) is 48.0 Å². The Morgan fingerprint density at radius 1 is 1.10 bits per heavy atom. The molecule has 5 nitrogen and oxygen atoms in total. The number of oxazole rings is 1. The lowest BCUT2D eigenvalue weighted by Gasteiger charge is -2.31. The van der Waals surface area contributed by atoms with E-state index in [9.17, 15) is 4.79 Å². The van der Waals surface area contributed by atoms with E-state index in [2.05, 4.69) is 9.97 Å². The summed E-state index contributed by atoms with van der Waals surface area (Å²) in [6, 6.07) is 19.3. The molecule has 2 aromatic heterocycles. The van der Waals surface area contributed by atoms with Crippen molar-refractivity contribution in [2.24, 2.45) is 0 Å². The molecule has 2 aromatic carbocycles. The highest BCUT2D eigenvalue weighted by Gasteiger charge is 2.29. The summed E-state index contributed by atoms with van der Waals surface area (Å²) in [5, 5.41) is 1.75. The van der Waals surface area contributed by atoms with Crippen LogP contribution >= 0.6 is 11.6 Å². The van der Waals surface area contributed by atoms with Crippen molar-refractivity contribution in [2.45, 2.75) is 25.2 Å². The third-order valence-corrected chi connectivity index (χ3v) is 5.99. The van der Waals surface area contributed by atoms with Crippen molar-refractivity contribution >= 4 is 28.4 Å². The van der Waals surface area contributed by atoms with Crippen molar-refractivity contribution in [2.75, 3.05) is 13.1 Å². The number of amides is 1. The number of rotatable bonds is 4. The van der Waals surface area contributed by atoms with Crippen molar-refractivity contribution in [3.63, 3.8) is 0 Å². The second-order valence-electron chi connectivity index (χ2n) is 7.95. The fourth-order valence-electron chi connectivity index (χ4n) is 4.11. The number of benzene rings is 2. The maximum Gasteiger partial charge on any atom is 0.272 e. The number of carbonyl (C=O) groups is 1. The molecule has 156 valence electrons. The van der Waals surface area contributed by atoms with Gasteiger partial charge in [0.1, 0.15) is 11.5 Å². The van der Waals surface area contributed by atoms with Gasteiger partial charge in [0.05, 0.1) is 17.6 Å². The van der Waals surface area contributed by atoms with Gasteiger partial charge in [0.25, 0.3) is 5.91 Å². The number of fused-ring (bicyclic) bond motifs is 1. The summed E-state index contributed by atoms with van der Waals surface area (Å²) in [4.78, 5) is 24.0. The van der Waals surface area contributed by atoms with Gasteiger partial charge in [-0.25, -0.2) is 9.97 Å². The van der Waals surface area contributed by atoms with E-state index in [1.807, 2.05) is 65.6 Å². The Bertz CT molecular complexity index is 1220. The minimum absolute atomic E-state index is 0.0385. The van der Waals surface area contributed by atoms with Crippen LogP contribution in [-0.2, 0) is 6.42 Å². The van der Waals surface area contributed by atoms with E-state index in [0.717, 1.165) is 46.6 Å². The number of pyridine rings is 1. The minimum Gasteiger partial charge on any atom is -0.445 e. The highest BCUT2D eigenvalue weighted by atomic mass is 35.5. The van der Waals surface area contributed by atoms with Gasteiger partial charge in [0, 0.05) is 29.9 Å². The van der Waals surface area contributed by atoms with Gasteiger partial charge in [-0.2, -0.15) is 0 Å². The van der Waals surface area contributed by atoms with Crippen LogP contribution in [0.3, 0.4) is 0 Å². The van der Waals surface area contributed by atoms with Crippen LogP contribution in [0, 0.1) is 0 Å². The molecule has 0 N–H and O–H groups in total. The van der Waals surface area contributed by atoms with Crippen LogP contribution in [0.25, 0.3) is 10.9 Å². The third kappa shape index (κ3) is 4.32. The summed E-state index contributed by atoms with van der Waals surface area (Å²) in [5.74, 6) is 1.57. The molecule has 31 heavy (non-hydrogen) atoms. The minimum atomic E-state index is -0.0385. The lowest BCUT2D eigenvalue weighted by Crippen LogP contribution is -2.39. The Morgan fingerprint density at radius 3 is 2.81 bits per heavy atom. The number of likely N-dealkylation sites (tertiary alicyclic amines) is 1. The molecule has 5 rings (SSSR count). The molecule has 3 heterocycles. The van der Waals surface area contributed by atoms with Crippen molar-refractivity contribution in [1.29, 1.82) is 0 Å². The van der Waals surface area contributed by atoms with E-state index >= 15 is 0 Å². The van der Waals surface area contributed by atoms with Crippen LogP contribution in [0.2, 0.25) is 5.02 Å². The topological polar surface area (TPSA) is 59.2 Å². The molecule has 0 radical (unpaired) electrons. The first-order valence-corrected chi connectivity index (χ1v) is 10.9. The second kappa shape index (κ2) is 8.52. The fraction of sp³-hybridized carbons (Fsp3) is 0.240. The normalized spacial score (nSPS) is 16.5. The Morgan fingerprint density at radius 2 is 1.94 bits per heavy atom. The number of para-hydroxylation sites is 1. The number of hydrogen-bond acceptors (Lipinski definition) is 4. The largest absolute Gasteiger partial charge is 0.445 e. The smallest absolute Gasteiger partial charge is 0.272 e. The molecule has 0 saturated carbocycles. The summed E-state index contributed by atoms with van der Waals surface area (Å²) < 4.78 is 6.05. The van der Waals surface area contributed by atoms with Crippen LogP contribution in [-0.4, -0.2) is 33.9 Å². The van der Waals surface area contributed by atoms with Crippen molar-refractivity contribution in [1.82, 2.24) is 14.9 Å². The van der Waals surface area contributed by atoms with E-state index < -0.39 is 0 Å². The lowest BCUT2D eigenvalue weighted by molar-refractivity contribution is 0.0692. The number of nitrogens with zero attached hydrogens (tertiary/aromatic N) is 3. The van der Waals surface area contributed by atoms with E-state index in [0.29, 0.717) is 24.6 Å². The zero-order valence-electron chi connectivity index (χ0n) is 17.0. The zero-order valence-corrected chi connectivity index (χ0v) is 17.8. The maximum absolute atomic E-state index is 13.1. The first-order valence-electron chi connectivity index (χ1n) is 10.5. The Balaban J connectivity index is 1.29. The first kappa shape index (κ1) is 19.8. The molecule has 1 atom stereocenters. The van der Waals surface area contributed by atoms with Gasteiger partial charge < -0.3 is 9.32 Å². The monoisotopic (exact) mass is 431 g/mol. The van der Waals surface area contributed by atoms with Gasteiger partial charge >= 0.3 is 0 Å². The second-order valence-corrected chi connectivity index (χ2v) is 8.38. The summed E-state index contributed by atoms with van der Waals surface area (Å²) in [5.41, 5.74) is 2.44. The third-order valence-electron chi connectivity index (χ3n) is 5.74. The van der Waals surface area contributed by atoms with Gasteiger partial charge in [0.15, 0.2) is 5.89 Å². The molecule has 1 aliphatic rings. The van der Waals surface area contributed by atoms with Gasteiger partial charge in [-0.3, -0.25) is 4.79 Å². The quantitative estimate of drug-likeness (QED) is 0.429. The van der Waals surface area contributed by atoms with Crippen molar-refractivity contribution in [3.8, 4) is 0 Å². The lowest BCUT2D eigenvalue weighted by atomic mass is 9.97. The van der Waals surface area contributed by atoms with Gasteiger partial charge in [-0.05, 0) is 42.7 Å². The standard InChI is InChI=1S/C25H22ClN3O2/c26-20-10-7-17(8-11-20)14-21-15-27-24(31-21)19-5-3-13-29(16-19)25(30)23-12-9-18-4-1-2-6-22(18)28-23/h1-2,4,6-12,15,19H,3,5,13-14,16H2/t19-/m1/s1. The molecule has 1 aliphatic heterocycles. The summed E-state index contributed by atoms with van der Waals surface area (Å²) in [6.45, 7) is 1.32. The Kier molecular flexibility index (Phi) is 5.43. The van der Waals surface area contributed by atoms with E-state index in [4.69, 9.17) is 16.0 Å². The molecule has 0 bridgehead atoms. The fourth-order valence-corrected chi connectivity index (χ4v) is 4.23. The van der Waals surface area contributed by atoms with E-state index in [1.165, 1.54) is 0 Å². The molecule has 0 aliphatic carbocycles. The molecule has 4 aromatic rings. The van der Waals surface area contributed by atoms with Crippen LogP contribution in [0.4, 0.5) is 0 Å². The predicted octanol–water partition coefficient (Wildman–Crippen LogP) is 5.49. The average Bonchev–Trinajstić information content (AvgIpc) is 3.28. The number of carbonyl (C=O) groups excluding carboxylic acids is 1. The molecule has 1 fully saturated rings. The average molecular weight is 432 g/mol. The Hall–Kier alpha value is -3.18. The number of piperidine rings is 1. The van der Waals surface area contributed by atoms with Gasteiger partial charge in [0.2, 0.25) is 0 Å². The van der Waals surface area contributed by atoms with Crippen LogP contribution < -0.4 is 0 Å². The highest BCUT2D eigenvalue weighted by molar-refractivity contribution is 6.30. The van der Waals surface area contributed by atoms with Crippen LogP contribution in [0.15, 0.2) is 71.3 Å². The van der Waals surface area contributed by atoms with Crippen LogP contribution in [0.1, 0.15) is 46.5 Å². The molecular formula is C25H22ClN3O2. The van der Waals surface area contributed by atoms with Crippen molar-refractivity contribution < 1.29 is 9.21 Å². The summed E-state index contributed by atoms with van der Waals surface area (Å²) in [6.07, 6.45) is 4.32. The molecule has 0 spiro atoms. The van der Waals surface area contributed by atoms with Crippen molar-refractivity contribution in [3.05, 3.63) is 94.8 Å². The molecule has 1 saturated heterocycles. The molecular weight excluding hydrogens is 410 g/mol. The molecule has 1 amide bonds. The summed E-state index contributed by atoms with van der Waals surface area (Å²) >= 11 is 5.96. The van der Waals surface area contributed by atoms with Crippen LogP contribution in [0.5, 0.6) is 0 Å². The number of halogens is 1. The van der Waals surface area contributed by atoms with E-state index in [1.54, 1.807) is 6.20 Å². The number of hydrogen-bond donors (Lipinski definition) is 0. The zero-order chi connectivity index (χ0) is 21.2. The van der Waals surface area contributed by atoms with E-state index in [-0.39, 0.29) is 11.8 Å². The highest BCUT2D eigenvalue weighted by Crippen LogP contribution is 2.28. The predicted molar refractivity (Wildman–Crippen MR) is 120 cm³/mol. The molecule has 0 unspecified atom stereocenters. The first-order chi connectivity index (χ1) is 15.2. The van der Waals surface area contributed by atoms with Gasteiger partial charge in [-0.15, -0.1) is 0 Å². The maximum atomic E-state index is 13.1. The number of aromatic nitrogens is 2. The summed E-state index contributed by atoms with van der Waals surface area (Å²) in [7, 11) is 0. The molecule has 6 heteroatoms.